The summed E-state index contributed by atoms with van der Waals surface area (Å²) in [6.45, 7) is -0.0488. The molecule has 0 aliphatic heterocycles. The summed E-state index contributed by atoms with van der Waals surface area (Å²) in [6, 6.07) is 3.52. The quantitative estimate of drug-likeness (QED) is 0.654. The van der Waals surface area contributed by atoms with Crippen molar-refractivity contribution in [2.24, 2.45) is 0 Å². The van der Waals surface area contributed by atoms with Gasteiger partial charge >= 0.3 is 0 Å². The molecule has 0 unspecified atom stereocenters. The van der Waals surface area contributed by atoms with Crippen LogP contribution in [0.3, 0.4) is 0 Å². The average molecular weight is 259 g/mol. The first-order valence-electron chi connectivity index (χ1n) is 4.77. The van der Waals surface area contributed by atoms with Gasteiger partial charge in [0.15, 0.2) is 0 Å². The topological polar surface area (TPSA) is 104 Å². The van der Waals surface area contributed by atoms with Gasteiger partial charge in [-0.1, -0.05) is 0 Å². The summed E-state index contributed by atoms with van der Waals surface area (Å²) in [7, 11) is -3.15. The number of phenolic OH excluding ortho intramolecular Hbond substituents is 2. The summed E-state index contributed by atoms with van der Waals surface area (Å²) in [4.78, 5) is 11.5. The number of phenols is 2. The minimum Gasteiger partial charge on any atom is -0.508 e. The lowest BCUT2D eigenvalue weighted by Gasteiger charge is -2.06. The van der Waals surface area contributed by atoms with Gasteiger partial charge in [-0.15, -0.1) is 0 Å². The first-order valence-corrected chi connectivity index (χ1v) is 6.83. The monoisotopic (exact) mass is 259 g/mol. The molecule has 0 atom stereocenters. The summed E-state index contributed by atoms with van der Waals surface area (Å²) in [6.07, 6.45) is 1.06. The molecule has 1 aromatic carbocycles. The van der Waals surface area contributed by atoms with Gasteiger partial charge in [-0.2, -0.15) is 0 Å². The Labute approximate surface area is 98.8 Å². The zero-order chi connectivity index (χ0) is 13.1. The summed E-state index contributed by atoms with van der Waals surface area (Å²) in [5.41, 5.74) is -0.0986. The summed E-state index contributed by atoms with van der Waals surface area (Å²) >= 11 is 0. The molecular weight excluding hydrogens is 246 g/mol. The minimum atomic E-state index is -3.15. The highest BCUT2D eigenvalue weighted by Crippen LogP contribution is 2.21. The van der Waals surface area contributed by atoms with Gasteiger partial charge in [0.25, 0.3) is 5.91 Å². The second-order valence-electron chi connectivity index (χ2n) is 3.59. The molecule has 1 aromatic rings. The Bertz CT molecular complexity index is 523. The van der Waals surface area contributed by atoms with E-state index in [2.05, 4.69) is 5.32 Å². The van der Waals surface area contributed by atoms with Gasteiger partial charge < -0.3 is 15.5 Å². The predicted molar refractivity (Wildman–Crippen MR) is 61.8 cm³/mol. The van der Waals surface area contributed by atoms with Crippen LogP contribution in [-0.4, -0.2) is 43.1 Å². The average Bonchev–Trinajstić information content (AvgIpc) is 2.19. The van der Waals surface area contributed by atoms with Crippen molar-refractivity contribution in [1.29, 1.82) is 0 Å². The number of nitrogens with one attached hydrogen (secondary N) is 1. The van der Waals surface area contributed by atoms with Gasteiger partial charge in [-0.25, -0.2) is 8.42 Å². The number of benzene rings is 1. The first kappa shape index (κ1) is 13.3. The second-order valence-corrected chi connectivity index (χ2v) is 5.85. The number of hydrogen-bond acceptors (Lipinski definition) is 5. The fourth-order valence-electron chi connectivity index (χ4n) is 1.15. The molecule has 0 fully saturated rings. The van der Waals surface area contributed by atoms with Crippen molar-refractivity contribution < 1.29 is 23.4 Å². The van der Waals surface area contributed by atoms with Crippen molar-refractivity contribution in [1.82, 2.24) is 5.32 Å². The molecule has 0 aliphatic rings. The highest BCUT2D eigenvalue weighted by molar-refractivity contribution is 7.90. The maximum Gasteiger partial charge on any atom is 0.255 e. The number of sulfone groups is 1. The third-order valence-electron chi connectivity index (χ3n) is 1.98. The smallest absolute Gasteiger partial charge is 0.255 e. The molecule has 0 radical (unpaired) electrons. The standard InChI is InChI=1S/C10H13NO5S/c1-17(15,16)5-4-11-10(14)8-6-7(12)2-3-9(8)13/h2-3,6,12-13H,4-5H2,1H3,(H,11,14). The molecule has 0 saturated heterocycles. The van der Waals surface area contributed by atoms with Crippen molar-refractivity contribution in [2.45, 2.75) is 0 Å². The van der Waals surface area contributed by atoms with Gasteiger partial charge in [0.05, 0.1) is 11.3 Å². The van der Waals surface area contributed by atoms with Crippen LogP contribution in [0.4, 0.5) is 0 Å². The molecule has 3 N–H and O–H groups in total. The van der Waals surface area contributed by atoms with Crippen LogP contribution < -0.4 is 5.32 Å². The van der Waals surface area contributed by atoms with E-state index in [1.54, 1.807) is 0 Å². The van der Waals surface area contributed by atoms with E-state index in [4.69, 9.17) is 5.11 Å². The second kappa shape index (κ2) is 5.05. The van der Waals surface area contributed by atoms with Gasteiger partial charge in [-0.05, 0) is 18.2 Å². The zero-order valence-corrected chi connectivity index (χ0v) is 9.99. The molecule has 0 aliphatic carbocycles. The van der Waals surface area contributed by atoms with Crippen LogP contribution in [0.2, 0.25) is 0 Å². The largest absolute Gasteiger partial charge is 0.508 e. The molecule has 0 heterocycles. The van der Waals surface area contributed by atoms with Crippen molar-refractivity contribution in [3.63, 3.8) is 0 Å². The Kier molecular flexibility index (Phi) is 3.95. The van der Waals surface area contributed by atoms with Gasteiger partial charge in [0.2, 0.25) is 0 Å². The van der Waals surface area contributed by atoms with Crippen molar-refractivity contribution in [3.8, 4) is 11.5 Å². The Hall–Kier alpha value is -1.76. The number of rotatable bonds is 4. The normalized spacial score (nSPS) is 11.1. The number of carbonyl (C=O) groups is 1. The van der Waals surface area contributed by atoms with Gasteiger partial charge in [0.1, 0.15) is 21.3 Å². The summed E-state index contributed by atoms with van der Waals surface area (Å²) in [5, 5.41) is 20.9. The third-order valence-corrected chi connectivity index (χ3v) is 2.93. The third kappa shape index (κ3) is 4.31. The summed E-state index contributed by atoms with van der Waals surface area (Å²) < 4.78 is 21.7. The van der Waals surface area contributed by atoms with E-state index in [9.17, 15) is 18.3 Å². The number of carbonyl (C=O) groups excluding carboxylic acids is 1. The molecule has 0 aromatic heterocycles. The highest BCUT2D eigenvalue weighted by Gasteiger charge is 2.12. The lowest BCUT2D eigenvalue weighted by atomic mass is 10.2. The van der Waals surface area contributed by atoms with Gasteiger partial charge in [-0.3, -0.25) is 4.79 Å². The Morgan fingerprint density at radius 3 is 2.59 bits per heavy atom. The molecule has 7 heteroatoms. The number of aromatic hydroxyl groups is 2. The maximum absolute atomic E-state index is 11.5. The van der Waals surface area contributed by atoms with Crippen LogP contribution in [0.5, 0.6) is 11.5 Å². The van der Waals surface area contributed by atoms with Crippen molar-refractivity contribution in [2.75, 3.05) is 18.6 Å². The molecule has 17 heavy (non-hydrogen) atoms. The molecule has 1 amide bonds. The van der Waals surface area contributed by atoms with Crippen molar-refractivity contribution >= 4 is 15.7 Å². The summed E-state index contributed by atoms with van der Waals surface area (Å²) in [5.74, 6) is -1.25. The van der Waals surface area contributed by atoms with E-state index < -0.39 is 15.7 Å². The molecule has 0 bridgehead atoms. The molecule has 0 spiro atoms. The van der Waals surface area contributed by atoms with Crippen molar-refractivity contribution in [3.05, 3.63) is 23.8 Å². The molecule has 0 saturated carbocycles. The lowest BCUT2D eigenvalue weighted by molar-refractivity contribution is 0.0953. The SMILES string of the molecule is CS(=O)(=O)CCNC(=O)c1cc(O)ccc1O. The molecule has 6 nitrogen and oxygen atoms in total. The van der Waals surface area contributed by atoms with E-state index in [0.29, 0.717) is 0 Å². The number of amides is 1. The van der Waals surface area contributed by atoms with Crippen LogP contribution in [0.25, 0.3) is 0 Å². The van der Waals surface area contributed by atoms with E-state index in [-0.39, 0.29) is 29.4 Å². The molecular formula is C10H13NO5S. The Morgan fingerprint density at radius 2 is 2.00 bits per heavy atom. The first-order chi connectivity index (χ1) is 7.79. The highest BCUT2D eigenvalue weighted by atomic mass is 32.2. The molecule has 94 valence electrons. The Morgan fingerprint density at radius 1 is 1.35 bits per heavy atom. The predicted octanol–water partition coefficient (Wildman–Crippen LogP) is -0.128. The Balaban J connectivity index is 2.67. The van der Waals surface area contributed by atoms with E-state index in [1.165, 1.54) is 12.1 Å². The minimum absolute atomic E-state index is 0.0488. The lowest BCUT2D eigenvalue weighted by Crippen LogP contribution is -2.28. The van der Waals surface area contributed by atoms with Crippen LogP contribution >= 0.6 is 0 Å². The number of hydrogen-bond donors (Lipinski definition) is 3. The van der Waals surface area contributed by atoms with Crippen LogP contribution in [-0.2, 0) is 9.84 Å². The van der Waals surface area contributed by atoms with E-state index in [1.807, 2.05) is 0 Å². The van der Waals surface area contributed by atoms with E-state index in [0.717, 1.165) is 12.3 Å². The van der Waals surface area contributed by atoms with Crippen LogP contribution in [0, 0.1) is 0 Å². The zero-order valence-electron chi connectivity index (χ0n) is 9.17. The van der Waals surface area contributed by atoms with Crippen LogP contribution in [0.15, 0.2) is 18.2 Å². The fraction of sp³-hybridized carbons (Fsp3) is 0.300. The molecule has 1 rings (SSSR count). The van der Waals surface area contributed by atoms with Crippen LogP contribution in [0.1, 0.15) is 10.4 Å². The fourth-order valence-corrected chi connectivity index (χ4v) is 1.62. The van der Waals surface area contributed by atoms with Gasteiger partial charge in [0, 0.05) is 12.8 Å². The van der Waals surface area contributed by atoms with E-state index >= 15 is 0 Å². The maximum atomic E-state index is 11.5.